The van der Waals surface area contributed by atoms with Gasteiger partial charge in [-0.1, -0.05) is 11.3 Å². The molecule has 9 heteroatoms. The summed E-state index contributed by atoms with van der Waals surface area (Å²) in [5, 5.41) is 13.8. The van der Waals surface area contributed by atoms with E-state index in [1.165, 1.54) is 0 Å². The lowest BCUT2D eigenvalue weighted by Gasteiger charge is -2.00. The van der Waals surface area contributed by atoms with Crippen LogP contribution >= 0.6 is 11.3 Å². The van der Waals surface area contributed by atoms with Crippen LogP contribution in [0.25, 0.3) is 4.96 Å². The zero-order valence-electron chi connectivity index (χ0n) is 8.25. The summed E-state index contributed by atoms with van der Waals surface area (Å²) in [5.74, 6) is -1.07. The van der Waals surface area contributed by atoms with Gasteiger partial charge < -0.3 is 5.32 Å². The lowest BCUT2D eigenvalue weighted by atomic mass is 10.4. The summed E-state index contributed by atoms with van der Waals surface area (Å²) >= 11 is 1.11. The fraction of sp³-hybridized carbons (Fsp3) is 0.571. The van der Waals surface area contributed by atoms with Gasteiger partial charge in [0.05, 0.1) is 0 Å². The Morgan fingerprint density at radius 2 is 2.12 bits per heavy atom. The molecule has 1 N–H and O–H groups in total. The first-order valence-corrected chi connectivity index (χ1v) is 5.27. The van der Waals surface area contributed by atoms with Crippen molar-refractivity contribution in [2.45, 2.75) is 12.6 Å². The van der Waals surface area contributed by atoms with Crippen LogP contribution in [0.2, 0.25) is 0 Å². The number of hydrogen-bond acceptors (Lipinski definition) is 5. The minimum absolute atomic E-state index is 0.165. The minimum atomic E-state index is -4.52. The fourth-order valence-corrected chi connectivity index (χ4v) is 2.00. The molecule has 0 saturated heterocycles. The summed E-state index contributed by atoms with van der Waals surface area (Å²) in [7, 11) is 1.77. The Morgan fingerprint density at radius 3 is 2.75 bits per heavy atom. The maximum atomic E-state index is 12.4. The summed E-state index contributed by atoms with van der Waals surface area (Å²) < 4.78 is 38.1. The fourth-order valence-electron chi connectivity index (χ4n) is 1.17. The quantitative estimate of drug-likeness (QED) is 0.883. The zero-order valence-corrected chi connectivity index (χ0v) is 9.06. The van der Waals surface area contributed by atoms with Crippen molar-refractivity contribution in [2.24, 2.45) is 0 Å². The SMILES string of the molecule is CNCCc1nn2c(C(F)(F)F)nnc2s1. The van der Waals surface area contributed by atoms with Crippen LogP contribution in [0, 0.1) is 0 Å². The maximum Gasteiger partial charge on any atom is 0.453 e. The Labute approximate surface area is 92.3 Å². The standard InChI is InChI=1S/C7H8F3N5S/c1-11-3-2-4-14-15-5(7(8,9)10)12-13-6(15)16-4/h11H,2-3H2,1H3. The van der Waals surface area contributed by atoms with E-state index in [4.69, 9.17) is 0 Å². The molecule has 5 nitrogen and oxygen atoms in total. The van der Waals surface area contributed by atoms with Crippen molar-refractivity contribution in [3.8, 4) is 0 Å². The molecule has 0 aliphatic heterocycles. The van der Waals surface area contributed by atoms with Crippen molar-refractivity contribution in [1.82, 2.24) is 25.1 Å². The van der Waals surface area contributed by atoms with E-state index in [9.17, 15) is 13.2 Å². The molecule has 0 radical (unpaired) electrons. The number of aromatic nitrogens is 4. The van der Waals surface area contributed by atoms with Crippen LogP contribution in [-0.4, -0.2) is 33.4 Å². The van der Waals surface area contributed by atoms with Crippen LogP contribution < -0.4 is 5.32 Å². The van der Waals surface area contributed by atoms with Crippen molar-refractivity contribution < 1.29 is 13.2 Å². The lowest BCUT2D eigenvalue weighted by molar-refractivity contribution is -0.146. The first-order valence-electron chi connectivity index (χ1n) is 4.45. The number of fused-ring (bicyclic) bond motifs is 1. The van der Waals surface area contributed by atoms with Crippen LogP contribution in [-0.2, 0) is 12.6 Å². The van der Waals surface area contributed by atoms with Gasteiger partial charge in [-0.15, -0.1) is 10.2 Å². The highest BCUT2D eigenvalue weighted by Gasteiger charge is 2.38. The molecule has 0 aliphatic rings. The van der Waals surface area contributed by atoms with Gasteiger partial charge in [-0.3, -0.25) is 0 Å². The summed E-state index contributed by atoms with van der Waals surface area (Å²) in [6, 6.07) is 0. The van der Waals surface area contributed by atoms with E-state index >= 15 is 0 Å². The molecule has 0 spiro atoms. The third kappa shape index (κ3) is 2.00. The van der Waals surface area contributed by atoms with E-state index in [-0.39, 0.29) is 4.96 Å². The third-order valence-electron chi connectivity index (χ3n) is 1.88. The predicted octanol–water partition coefficient (Wildman–Crippen LogP) is 0.966. The van der Waals surface area contributed by atoms with Gasteiger partial charge in [-0.25, -0.2) is 0 Å². The Balaban J connectivity index is 2.36. The van der Waals surface area contributed by atoms with E-state index in [0.717, 1.165) is 15.9 Å². The monoisotopic (exact) mass is 251 g/mol. The van der Waals surface area contributed by atoms with Crippen molar-refractivity contribution in [3.05, 3.63) is 10.8 Å². The predicted molar refractivity (Wildman–Crippen MR) is 51.3 cm³/mol. The van der Waals surface area contributed by atoms with Crippen molar-refractivity contribution in [1.29, 1.82) is 0 Å². The molecular formula is C7H8F3N5S. The van der Waals surface area contributed by atoms with Crippen molar-refractivity contribution >= 4 is 16.3 Å². The Bertz CT molecular complexity index is 488. The third-order valence-corrected chi connectivity index (χ3v) is 2.83. The maximum absolute atomic E-state index is 12.4. The van der Waals surface area contributed by atoms with E-state index in [1.54, 1.807) is 7.05 Å². The van der Waals surface area contributed by atoms with E-state index < -0.39 is 12.0 Å². The molecule has 2 aromatic rings. The second-order valence-corrected chi connectivity index (χ2v) is 4.11. The van der Waals surface area contributed by atoms with Gasteiger partial charge in [-0.05, 0) is 7.05 Å². The molecule has 2 rings (SSSR count). The highest BCUT2D eigenvalue weighted by Crippen LogP contribution is 2.28. The Hall–Kier alpha value is -1.22. The van der Waals surface area contributed by atoms with E-state index in [1.807, 2.05) is 0 Å². The number of halogens is 3. The summed E-state index contributed by atoms with van der Waals surface area (Å²) in [4.78, 5) is 0.165. The van der Waals surface area contributed by atoms with Crippen molar-refractivity contribution in [3.63, 3.8) is 0 Å². The molecule has 0 bridgehead atoms. The topological polar surface area (TPSA) is 55.1 Å². The minimum Gasteiger partial charge on any atom is -0.319 e. The molecule has 0 atom stereocenters. The second-order valence-electron chi connectivity index (χ2n) is 3.07. The highest BCUT2D eigenvalue weighted by atomic mass is 32.1. The van der Waals surface area contributed by atoms with Crippen molar-refractivity contribution in [2.75, 3.05) is 13.6 Å². The molecule has 2 heterocycles. The molecule has 88 valence electrons. The van der Waals surface area contributed by atoms with E-state index in [2.05, 4.69) is 20.6 Å². The first kappa shape index (κ1) is 11.3. The first-order chi connectivity index (χ1) is 7.52. The number of nitrogens with zero attached hydrogens (tertiary/aromatic N) is 4. The van der Waals surface area contributed by atoms with Gasteiger partial charge in [-0.2, -0.15) is 22.8 Å². The van der Waals surface area contributed by atoms with Crippen LogP contribution in [0.15, 0.2) is 0 Å². The average molecular weight is 251 g/mol. The molecule has 2 aromatic heterocycles. The lowest BCUT2D eigenvalue weighted by Crippen LogP contribution is -2.13. The van der Waals surface area contributed by atoms with Gasteiger partial charge in [0, 0.05) is 13.0 Å². The van der Waals surface area contributed by atoms with Gasteiger partial charge in [0.1, 0.15) is 5.01 Å². The van der Waals surface area contributed by atoms with Crippen LogP contribution in [0.3, 0.4) is 0 Å². The smallest absolute Gasteiger partial charge is 0.319 e. The number of hydrogen-bond donors (Lipinski definition) is 1. The number of likely N-dealkylation sites (N-methyl/N-ethyl adjacent to an activating group) is 1. The molecule has 0 amide bonds. The Morgan fingerprint density at radius 1 is 1.38 bits per heavy atom. The van der Waals surface area contributed by atoms with Crippen LogP contribution in [0.4, 0.5) is 13.2 Å². The second kappa shape index (κ2) is 3.98. The molecular weight excluding hydrogens is 243 g/mol. The molecule has 16 heavy (non-hydrogen) atoms. The summed E-state index contributed by atoms with van der Waals surface area (Å²) in [6.45, 7) is 0.658. The molecule has 0 unspecified atom stereocenters. The van der Waals surface area contributed by atoms with Gasteiger partial charge >= 0.3 is 6.18 Å². The van der Waals surface area contributed by atoms with Gasteiger partial charge in [0.2, 0.25) is 4.96 Å². The average Bonchev–Trinajstić information content (AvgIpc) is 2.70. The number of nitrogens with one attached hydrogen (secondary N) is 1. The largest absolute Gasteiger partial charge is 0.453 e. The van der Waals surface area contributed by atoms with Gasteiger partial charge in [0.25, 0.3) is 5.82 Å². The molecule has 0 aromatic carbocycles. The number of alkyl halides is 3. The van der Waals surface area contributed by atoms with E-state index in [0.29, 0.717) is 18.0 Å². The summed E-state index contributed by atoms with van der Waals surface area (Å²) in [6.07, 6.45) is -3.95. The van der Waals surface area contributed by atoms with Gasteiger partial charge in [0.15, 0.2) is 0 Å². The Kier molecular flexibility index (Phi) is 2.80. The molecule has 0 saturated carbocycles. The number of rotatable bonds is 3. The van der Waals surface area contributed by atoms with Crippen LogP contribution in [0.1, 0.15) is 10.8 Å². The molecule has 0 aliphatic carbocycles. The normalized spacial score (nSPS) is 12.5. The highest BCUT2D eigenvalue weighted by molar-refractivity contribution is 7.16. The summed E-state index contributed by atoms with van der Waals surface area (Å²) in [5.41, 5.74) is 0. The zero-order chi connectivity index (χ0) is 11.8. The van der Waals surface area contributed by atoms with Crippen LogP contribution in [0.5, 0.6) is 0 Å². The molecule has 0 fully saturated rings.